The third-order valence-electron chi connectivity index (χ3n) is 11.4. The number of H-pyrrole nitrogens is 1. The SMILES string of the molecule is COCCOC(=O)N1C(=O)[C@@]2(c3ccccc31)[C@H](c1ccc(O)cc1)N1[C@H](c3ccccc3)[C@H](c3ccccc3)OC(=O)[C@H]1[C@@H]2C(=O)NCc1nc2ccccc2[nH]1. The van der Waals surface area contributed by atoms with Crippen LogP contribution in [0.5, 0.6) is 5.75 Å². The molecule has 0 radical (unpaired) electrons. The summed E-state index contributed by atoms with van der Waals surface area (Å²) in [6.07, 6.45) is -1.82. The minimum absolute atomic E-state index is 0.0196. The van der Waals surface area contributed by atoms with Crippen molar-refractivity contribution in [2.24, 2.45) is 5.92 Å². The predicted octanol–water partition coefficient (Wildman–Crippen LogP) is 6.03. The van der Waals surface area contributed by atoms with E-state index >= 15 is 9.59 Å². The minimum Gasteiger partial charge on any atom is -0.508 e. The number of para-hydroxylation sites is 3. The zero-order valence-electron chi connectivity index (χ0n) is 31.4. The number of anilines is 1. The summed E-state index contributed by atoms with van der Waals surface area (Å²) in [5.74, 6) is -3.10. The Morgan fingerprint density at radius 3 is 2.21 bits per heavy atom. The van der Waals surface area contributed by atoms with Crippen molar-refractivity contribution in [3.63, 3.8) is 0 Å². The van der Waals surface area contributed by atoms with Gasteiger partial charge in [0.15, 0.2) is 0 Å². The number of phenolic OH excluding ortho intramolecular Hbond substituents is 1. The number of imidazole rings is 1. The van der Waals surface area contributed by atoms with Crippen molar-refractivity contribution in [2.75, 3.05) is 25.2 Å². The molecule has 4 heterocycles. The lowest BCUT2D eigenvalue weighted by molar-refractivity contribution is -0.178. The number of imide groups is 1. The van der Waals surface area contributed by atoms with E-state index in [-0.39, 0.29) is 31.2 Å². The number of rotatable bonds is 9. The van der Waals surface area contributed by atoms with Crippen molar-refractivity contribution >= 4 is 40.6 Å². The van der Waals surface area contributed by atoms with Gasteiger partial charge in [-0.25, -0.2) is 14.7 Å². The number of nitrogens with zero attached hydrogens (tertiary/aromatic N) is 3. The second-order valence-corrected chi connectivity index (χ2v) is 14.5. The van der Waals surface area contributed by atoms with Gasteiger partial charge in [0.2, 0.25) is 11.8 Å². The molecule has 2 fully saturated rings. The Morgan fingerprint density at radius 1 is 0.810 bits per heavy atom. The number of aromatic amines is 1. The molecule has 3 aliphatic rings. The second kappa shape index (κ2) is 14.9. The van der Waals surface area contributed by atoms with Crippen LogP contribution in [-0.2, 0) is 40.6 Å². The van der Waals surface area contributed by atoms with Crippen molar-refractivity contribution in [3.8, 4) is 5.75 Å². The van der Waals surface area contributed by atoms with Crippen molar-refractivity contribution in [1.82, 2.24) is 20.2 Å². The van der Waals surface area contributed by atoms with Gasteiger partial charge in [-0.2, -0.15) is 0 Å². The lowest BCUT2D eigenvalue weighted by Gasteiger charge is -2.46. The van der Waals surface area contributed by atoms with Crippen LogP contribution in [-0.4, -0.2) is 70.2 Å². The molecule has 0 unspecified atom stereocenters. The Balaban J connectivity index is 1.28. The number of carbonyl (C=O) groups excluding carboxylic acids is 4. The first-order valence-corrected chi connectivity index (χ1v) is 19.0. The average Bonchev–Trinajstić information content (AvgIpc) is 3.90. The molecule has 2 saturated heterocycles. The Hall–Kier alpha value is -6.83. The molecule has 3 N–H and O–H groups in total. The summed E-state index contributed by atoms with van der Waals surface area (Å²) in [4.78, 5) is 71.0. The quantitative estimate of drug-likeness (QED) is 0.117. The number of nitrogens with one attached hydrogen (secondary N) is 2. The molecule has 0 saturated carbocycles. The van der Waals surface area contributed by atoms with Crippen LogP contribution in [0.3, 0.4) is 0 Å². The van der Waals surface area contributed by atoms with Gasteiger partial charge in [0, 0.05) is 7.11 Å². The van der Waals surface area contributed by atoms with E-state index in [2.05, 4.69) is 15.3 Å². The molecule has 6 aromatic rings. The fourth-order valence-corrected chi connectivity index (χ4v) is 9.15. The molecule has 1 aromatic heterocycles. The fraction of sp³-hybridized carbons (Fsp3) is 0.222. The van der Waals surface area contributed by atoms with E-state index in [0.717, 1.165) is 16.0 Å². The van der Waals surface area contributed by atoms with Gasteiger partial charge in [-0.05, 0) is 52.6 Å². The van der Waals surface area contributed by atoms with Gasteiger partial charge in [-0.15, -0.1) is 0 Å². The van der Waals surface area contributed by atoms with Gasteiger partial charge >= 0.3 is 12.1 Å². The summed E-state index contributed by atoms with van der Waals surface area (Å²) in [6.45, 7) is -0.100. The molecule has 58 heavy (non-hydrogen) atoms. The monoisotopic (exact) mass is 777 g/mol. The van der Waals surface area contributed by atoms with Crippen molar-refractivity contribution in [1.29, 1.82) is 0 Å². The van der Waals surface area contributed by atoms with E-state index in [1.54, 1.807) is 36.4 Å². The van der Waals surface area contributed by atoms with Crippen LogP contribution in [0.2, 0.25) is 0 Å². The zero-order valence-corrected chi connectivity index (χ0v) is 31.4. The van der Waals surface area contributed by atoms with E-state index in [4.69, 9.17) is 14.2 Å². The first-order valence-electron chi connectivity index (χ1n) is 19.0. The molecule has 9 rings (SSSR count). The van der Waals surface area contributed by atoms with E-state index in [0.29, 0.717) is 28.0 Å². The van der Waals surface area contributed by atoms with E-state index < -0.39 is 59.4 Å². The van der Waals surface area contributed by atoms with Gasteiger partial charge in [-0.3, -0.25) is 19.3 Å². The van der Waals surface area contributed by atoms with Crippen molar-refractivity contribution < 1.29 is 38.5 Å². The molecule has 3 aliphatic heterocycles. The van der Waals surface area contributed by atoms with E-state index in [1.165, 1.54) is 19.2 Å². The summed E-state index contributed by atoms with van der Waals surface area (Å²) < 4.78 is 17.2. The number of hydrogen-bond acceptors (Lipinski definition) is 10. The maximum atomic E-state index is 15.8. The highest BCUT2D eigenvalue weighted by molar-refractivity contribution is 6.23. The molecule has 6 atom stereocenters. The maximum absolute atomic E-state index is 15.8. The van der Waals surface area contributed by atoms with Crippen LogP contribution in [0, 0.1) is 5.92 Å². The minimum atomic E-state index is -1.92. The lowest BCUT2D eigenvalue weighted by Crippen LogP contribution is -2.55. The topological polar surface area (TPSA) is 163 Å². The molecule has 0 aliphatic carbocycles. The molecule has 3 amide bonds. The summed E-state index contributed by atoms with van der Waals surface area (Å²) in [5.41, 5.74) is 2.14. The number of fused-ring (bicyclic) bond motifs is 4. The molecule has 0 bridgehead atoms. The molecule has 13 nitrogen and oxygen atoms in total. The molecule has 292 valence electrons. The number of morpholine rings is 1. The highest BCUT2D eigenvalue weighted by Gasteiger charge is 2.75. The summed E-state index contributed by atoms with van der Waals surface area (Å²) in [6, 6.07) is 36.3. The summed E-state index contributed by atoms with van der Waals surface area (Å²) in [7, 11) is 1.47. The number of esters is 1. The van der Waals surface area contributed by atoms with Gasteiger partial charge < -0.3 is 29.6 Å². The molecule has 1 spiro atoms. The number of phenols is 1. The average molecular weight is 778 g/mol. The summed E-state index contributed by atoms with van der Waals surface area (Å²) in [5, 5.41) is 13.6. The Labute approximate surface area is 333 Å². The zero-order chi connectivity index (χ0) is 40.0. The van der Waals surface area contributed by atoms with Gasteiger partial charge in [0.1, 0.15) is 35.7 Å². The maximum Gasteiger partial charge on any atom is 0.421 e. The number of amides is 3. The third kappa shape index (κ3) is 5.89. The number of hydrogen-bond donors (Lipinski definition) is 3. The lowest BCUT2D eigenvalue weighted by atomic mass is 9.65. The third-order valence-corrected chi connectivity index (χ3v) is 11.4. The molecule has 5 aromatic carbocycles. The molecular formula is C45H39N5O8. The number of methoxy groups -OCH3 is 1. The van der Waals surface area contributed by atoms with E-state index in [9.17, 15) is 14.7 Å². The number of aromatic hydroxyl groups is 1. The van der Waals surface area contributed by atoms with E-state index in [1.807, 2.05) is 89.8 Å². The second-order valence-electron chi connectivity index (χ2n) is 14.5. The van der Waals surface area contributed by atoms with Gasteiger partial charge in [0.05, 0.1) is 47.9 Å². The number of cyclic esters (lactones) is 1. The molecular weight excluding hydrogens is 739 g/mol. The van der Waals surface area contributed by atoms with Crippen molar-refractivity contribution in [2.45, 2.75) is 36.2 Å². The van der Waals surface area contributed by atoms with Gasteiger partial charge in [-0.1, -0.05) is 103 Å². The Kier molecular flexibility index (Phi) is 9.46. The number of benzene rings is 5. The normalized spacial score (nSPS) is 23.7. The highest BCUT2D eigenvalue weighted by atomic mass is 16.6. The number of ether oxygens (including phenoxy) is 3. The standard InChI is InChI=1S/C45H39N5O8/c1-56-24-25-57-44(55)49-34-19-11-8-16-31(34)45(43(49)54)36(41(52)46-26-35-47-32-17-9-10-18-33(32)48-35)38-42(53)58-39(28-14-6-3-7-15-28)37(27-12-4-2-5-13-27)50(38)40(45)29-20-22-30(51)23-21-29/h2-23,36-40,51H,24-26H2,1H3,(H,46,52)(H,47,48)/t36-,37-,38-,39+,40+,45-/m1/s1. The highest BCUT2D eigenvalue weighted by Crippen LogP contribution is 2.65. The largest absolute Gasteiger partial charge is 0.508 e. The van der Waals surface area contributed by atoms with Crippen LogP contribution < -0.4 is 10.2 Å². The van der Waals surface area contributed by atoms with Crippen molar-refractivity contribution in [3.05, 3.63) is 162 Å². The van der Waals surface area contributed by atoms with Crippen LogP contribution in [0.4, 0.5) is 10.5 Å². The van der Waals surface area contributed by atoms with Crippen LogP contribution in [0.1, 0.15) is 46.3 Å². The number of aromatic nitrogens is 2. The van der Waals surface area contributed by atoms with Gasteiger partial charge in [0.25, 0.3) is 0 Å². The first-order chi connectivity index (χ1) is 28.3. The molecule has 13 heteroatoms. The number of carbonyl (C=O) groups is 4. The van der Waals surface area contributed by atoms with Crippen LogP contribution in [0.25, 0.3) is 11.0 Å². The van der Waals surface area contributed by atoms with Crippen LogP contribution in [0.15, 0.2) is 133 Å². The first kappa shape index (κ1) is 36.8. The smallest absolute Gasteiger partial charge is 0.421 e. The van der Waals surface area contributed by atoms with Crippen LogP contribution >= 0.6 is 0 Å². The Bertz CT molecular complexity index is 2480. The predicted molar refractivity (Wildman–Crippen MR) is 211 cm³/mol. The fourth-order valence-electron chi connectivity index (χ4n) is 9.15. The Morgan fingerprint density at radius 2 is 1.48 bits per heavy atom. The summed E-state index contributed by atoms with van der Waals surface area (Å²) >= 11 is 0.